The number of amidine groups is 1. The fraction of sp³-hybridized carbons (Fsp3) is 0.909. The van der Waals surface area contributed by atoms with Gasteiger partial charge in [0.2, 0.25) is 0 Å². The SMILES string of the molecule is CN=C1N[C@@H]2[C@@H](F)[C@H](O)[C@@H](C(O)C3CC3)O[C@@H]2S1. The van der Waals surface area contributed by atoms with Crippen LogP contribution in [0.25, 0.3) is 0 Å². The van der Waals surface area contributed by atoms with Crippen molar-refractivity contribution in [2.24, 2.45) is 10.9 Å². The first-order valence-electron chi connectivity index (χ1n) is 6.17. The third kappa shape index (κ3) is 2.03. The van der Waals surface area contributed by atoms with E-state index in [1.165, 1.54) is 11.8 Å². The van der Waals surface area contributed by atoms with Crippen molar-refractivity contribution < 1.29 is 19.3 Å². The predicted molar refractivity (Wildman–Crippen MR) is 66.2 cm³/mol. The molecule has 1 aliphatic carbocycles. The minimum atomic E-state index is -1.45. The average molecular weight is 276 g/mol. The van der Waals surface area contributed by atoms with Gasteiger partial charge < -0.3 is 20.3 Å². The van der Waals surface area contributed by atoms with Gasteiger partial charge in [0, 0.05) is 7.05 Å². The van der Waals surface area contributed by atoms with Gasteiger partial charge in [-0.1, -0.05) is 11.8 Å². The average Bonchev–Trinajstić information content (AvgIpc) is 3.13. The lowest BCUT2D eigenvalue weighted by atomic mass is 9.94. The monoisotopic (exact) mass is 276 g/mol. The fourth-order valence-electron chi connectivity index (χ4n) is 2.50. The zero-order chi connectivity index (χ0) is 12.9. The molecule has 6 atom stereocenters. The van der Waals surface area contributed by atoms with Crippen LogP contribution in [0.3, 0.4) is 0 Å². The summed E-state index contributed by atoms with van der Waals surface area (Å²) in [5.41, 5.74) is -0.430. The molecule has 0 spiro atoms. The van der Waals surface area contributed by atoms with Crippen LogP contribution >= 0.6 is 11.8 Å². The third-order valence-corrected chi connectivity index (χ3v) is 4.91. The van der Waals surface area contributed by atoms with E-state index < -0.39 is 36.0 Å². The van der Waals surface area contributed by atoms with Gasteiger partial charge in [-0.15, -0.1) is 0 Å². The second-order valence-electron chi connectivity index (χ2n) is 5.05. The lowest BCUT2D eigenvalue weighted by Crippen LogP contribution is -2.60. The van der Waals surface area contributed by atoms with E-state index in [-0.39, 0.29) is 5.92 Å². The van der Waals surface area contributed by atoms with Crippen LogP contribution in [0.15, 0.2) is 4.99 Å². The minimum Gasteiger partial charge on any atom is -0.390 e. The van der Waals surface area contributed by atoms with Gasteiger partial charge in [-0.05, 0) is 18.8 Å². The Bertz CT molecular complexity index is 366. The Morgan fingerprint density at radius 2 is 2.28 bits per heavy atom. The summed E-state index contributed by atoms with van der Waals surface area (Å²) in [5, 5.41) is 23.5. The lowest BCUT2D eigenvalue weighted by molar-refractivity contribution is -0.174. The van der Waals surface area contributed by atoms with Crippen molar-refractivity contribution in [3.05, 3.63) is 0 Å². The van der Waals surface area contributed by atoms with Crippen LogP contribution in [0.1, 0.15) is 12.8 Å². The van der Waals surface area contributed by atoms with Gasteiger partial charge in [-0.2, -0.15) is 0 Å². The van der Waals surface area contributed by atoms with E-state index in [0.29, 0.717) is 5.17 Å². The second kappa shape index (κ2) is 4.63. The summed E-state index contributed by atoms with van der Waals surface area (Å²) in [6.45, 7) is 0. The third-order valence-electron chi connectivity index (χ3n) is 3.75. The summed E-state index contributed by atoms with van der Waals surface area (Å²) in [6, 6.07) is -0.591. The largest absolute Gasteiger partial charge is 0.390 e. The number of hydrogen-bond acceptors (Lipinski definition) is 5. The molecular formula is C11H17FN2O3S. The topological polar surface area (TPSA) is 74.1 Å². The molecule has 7 heteroatoms. The number of ether oxygens (including phenoxy) is 1. The minimum absolute atomic E-state index is 0.145. The quantitative estimate of drug-likeness (QED) is 0.655. The van der Waals surface area contributed by atoms with E-state index in [2.05, 4.69) is 10.3 Å². The highest BCUT2D eigenvalue weighted by Gasteiger charge is 2.53. The summed E-state index contributed by atoms with van der Waals surface area (Å²) < 4.78 is 19.8. The molecule has 0 aromatic carbocycles. The number of rotatable bonds is 2. The molecule has 0 aromatic rings. The molecular weight excluding hydrogens is 259 g/mol. The Morgan fingerprint density at radius 3 is 2.89 bits per heavy atom. The maximum atomic E-state index is 14.2. The number of halogens is 1. The summed E-state index contributed by atoms with van der Waals surface area (Å²) in [6.07, 6.45) is -2.50. The lowest BCUT2D eigenvalue weighted by Gasteiger charge is -2.39. The van der Waals surface area contributed by atoms with Crippen molar-refractivity contribution in [2.75, 3.05) is 7.05 Å². The molecule has 3 rings (SSSR count). The molecule has 18 heavy (non-hydrogen) atoms. The first-order valence-corrected chi connectivity index (χ1v) is 7.05. The highest BCUT2D eigenvalue weighted by atomic mass is 32.2. The molecule has 1 saturated carbocycles. The number of alkyl halides is 1. The molecule has 5 nitrogen and oxygen atoms in total. The van der Waals surface area contributed by atoms with Gasteiger partial charge in [0.15, 0.2) is 11.3 Å². The van der Waals surface area contributed by atoms with Crippen LogP contribution in [-0.4, -0.2) is 58.4 Å². The van der Waals surface area contributed by atoms with E-state index in [0.717, 1.165) is 12.8 Å². The summed E-state index contributed by atoms with van der Waals surface area (Å²) >= 11 is 1.31. The first-order chi connectivity index (χ1) is 8.61. The van der Waals surface area contributed by atoms with Crippen molar-refractivity contribution in [3.63, 3.8) is 0 Å². The zero-order valence-electron chi connectivity index (χ0n) is 9.99. The number of aliphatic hydroxyl groups excluding tert-OH is 2. The fourth-order valence-corrected chi connectivity index (χ4v) is 3.58. The van der Waals surface area contributed by atoms with E-state index in [1.54, 1.807) is 7.05 Å². The number of fused-ring (bicyclic) bond motifs is 1. The molecule has 3 N–H and O–H groups in total. The van der Waals surface area contributed by atoms with Crippen molar-refractivity contribution in [1.29, 1.82) is 0 Å². The molecule has 2 aliphatic heterocycles. The van der Waals surface area contributed by atoms with Gasteiger partial charge in [-0.3, -0.25) is 4.99 Å². The van der Waals surface area contributed by atoms with Crippen molar-refractivity contribution >= 4 is 16.9 Å². The van der Waals surface area contributed by atoms with Crippen LogP contribution in [0.5, 0.6) is 0 Å². The van der Waals surface area contributed by atoms with Gasteiger partial charge in [0.25, 0.3) is 0 Å². The van der Waals surface area contributed by atoms with Crippen LogP contribution in [0, 0.1) is 5.92 Å². The Labute approximate surface area is 109 Å². The van der Waals surface area contributed by atoms with Crippen molar-refractivity contribution in [2.45, 2.75) is 48.8 Å². The highest BCUT2D eigenvalue weighted by molar-refractivity contribution is 8.14. The number of thioether (sulfide) groups is 1. The molecule has 0 amide bonds. The molecule has 1 unspecified atom stereocenters. The van der Waals surface area contributed by atoms with Crippen LogP contribution in [0.2, 0.25) is 0 Å². The van der Waals surface area contributed by atoms with E-state index in [9.17, 15) is 14.6 Å². The molecule has 2 saturated heterocycles. The maximum Gasteiger partial charge on any atom is 0.159 e. The zero-order valence-corrected chi connectivity index (χ0v) is 10.8. The second-order valence-corrected chi connectivity index (χ2v) is 6.14. The van der Waals surface area contributed by atoms with E-state index in [1.807, 2.05) is 0 Å². The molecule has 3 aliphatic rings. The number of aliphatic hydroxyl groups is 2. The number of nitrogens with zero attached hydrogens (tertiary/aromatic N) is 1. The smallest absolute Gasteiger partial charge is 0.159 e. The van der Waals surface area contributed by atoms with Crippen molar-refractivity contribution in [1.82, 2.24) is 5.32 Å². The number of nitrogens with one attached hydrogen (secondary N) is 1. The van der Waals surface area contributed by atoms with Gasteiger partial charge in [0.1, 0.15) is 17.6 Å². The van der Waals surface area contributed by atoms with E-state index >= 15 is 0 Å². The van der Waals surface area contributed by atoms with Crippen molar-refractivity contribution in [3.8, 4) is 0 Å². The summed E-state index contributed by atoms with van der Waals surface area (Å²) in [4.78, 5) is 3.97. The summed E-state index contributed by atoms with van der Waals surface area (Å²) in [7, 11) is 1.62. The maximum absolute atomic E-state index is 14.2. The molecule has 3 fully saturated rings. The molecule has 0 aromatic heterocycles. The van der Waals surface area contributed by atoms with Gasteiger partial charge in [0.05, 0.1) is 12.1 Å². The Morgan fingerprint density at radius 1 is 1.56 bits per heavy atom. The summed E-state index contributed by atoms with van der Waals surface area (Å²) in [5.74, 6) is 0.145. The highest BCUT2D eigenvalue weighted by Crippen LogP contribution is 2.41. The number of hydrogen-bond donors (Lipinski definition) is 3. The molecule has 2 heterocycles. The van der Waals surface area contributed by atoms with Gasteiger partial charge in [-0.25, -0.2) is 4.39 Å². The van der Waals surface area contributed by atoms with Crippen LogP contribution < -0.4 is 5.32 Å². The predicted octanol–water partition coefficient (Wildman–Crippen LogP) is -0.128. The number of aliphatic imine (C=N–C) groups is 1. The first kappa shape index (κ1) is 12.7. The van der Waals surface area contributed by atoms with E-state index in [4.69, 9.17) is 4.74 Å². The van der Waals surface area contributed by atoms with Crippen LogP contribution in [-0.2, 0) is 4.74 Å². The van der Waals surface area contributed by atoms with Crippen LogP contribution in [0.4, 0.5) is 4.39 Å². The standard InChI is InChI=1S/C11H17FN2O3S/c1-13-11-14-6-5(12)8(16)9(17-10(6)18-11)7(15)4-2-3-4/h4-10,15-16H,2-3H2,1H3,(H,13,14)/t5-,6-,7?,8+,9-,10-/m1/s1. The molecule has 0 bridgehead atoms. The normalized spacial score (nSPS) is 47.8. The Hall–Kier alpha value is -0.370. The van der Waals surface area contributed by atoms with Gasteiger partial charge >= 0.3 is 0 Å². The molecule has 102 valence electrons. The Kier molecular flexibility index (Phi) is 3.25. The Balaban J connectivity index is 1.75. The molecule has 0 radical (unpaired) electrons.